The highest BCUT2D eigenvalue weighted by Crippen LogP contribution is 2.36. The van der Waals surface area contributed by atoms with Gasteiger partial charge in [0.15, 0.2) is 17.1 Å². The molecule has 186 valence electrons. The molecule has 1 aliphatic heterocycles. The first-order valence-corrected chi connectivity index (χ1v) is 12.4. The summed E-state index contributed by atoms with van der Waals surface area (Å²) in [5.41, 5.74) is 11.3. The number of nitrogens with zero attached hydrogens (tertiary/aromatic N) is 3. The molecule has 3 aromatic carbocycles. The van der Waals surface area contributed by atoms with Crippen LogP contribution in [-0.2, 0) is 6.42 Å². The third-order valence-electron chi connectivity index (χ3n) is 6.60. The minimum atomic E-state index is -0.274. The first-order chi connectivity index (χ1) is 18.1. The van der Waals surface area contributed by atoms with Gasteiger partial charge in [0.1, 0.15) is 30.1 Å². The van der Waals surface area contributed by atoms with E-state index in [1.165, 1.54) is 5.56 Å². The van der Waals surface area contributed by atoms with Crippen LogP contribution in [-0.4, -0.2) is 39.7 Å². The van der Waals surface area contributed by atoms with Crippen molar-refractivity contribution in [3.8, 4) is 17.2 Å². The van der Waals surface area contributed by atoms with Gasteiger partial charge in [-0.15, -0.1) is 0 Å². The summed E-state index contributed by atoms with van der Waals surface area (Å²) in [4.78, 5) is 23.3. The molecule has 3 heterocycles. The number of rotatable bonds is 6. The molecule has 8 nitrogen and oxygen atoms in total. The summed E-state index contributed by atoms with van der Waals surface area (Å²) in [6.45, 7) is 2.97. The van der Waals surface area contributed by atoms with E-state index in [2.05, 4.69) is 17.4 Å². The van der Waals surface area contributed by atoms with Crippen molar-refractivity contribution in [2.75, 3.05) is 18.9 Å². The van der Waals surface area contributed by atoms with Gasteiger partial charge in [-0.25, -0.2) is 9.97 Å². The van der Waals surface area contributed by atoms with E-state index >= 15 is 0 Å². The number of nitrogen functional groups attached to an aromatic ring is 1. The molecule has 0 saturated carbocycles. The minimum Gasteiger partial charge on any atom is -0.486 e. The predicted molar refractivity (Wildman–Crippen MR) is 143 cm³/mol. The van der Waals surface area contributed by atoms with Crippen molar-refractivity contribution in [2.45, 2.75) is 25.8 Å². The second-order valence-corrected chi connectivity index (χ2v) is 9.21. The quantitative estimate of drug-likeness (QED) is 0.356. The van der Waals surface area contributed by atoms with Crippen molar-refractivity contribution < 1.29 is 14.3 Å². The zero-order valence-corrected chi connectivity index (χ0v) is 20.5. The Labute approximate surface area is 214 Å². The summed E-state index contributed by atoms with van der Waals surface area (Å²) in [7, 11) is 0. The van der Waals surface area contributed by atoms with Crippen LogP contribution in [0.3, 0.4) is 0 Å². The Morgan fingerprint density at radius 3 is 2.46 bits per heavy atom. The molecule has 0 radical (unpaired) electrons. The Bertz CT molecular complexity index is 1610. The SMILES string of the molecule is C[C@@H](CCc1ccccc1)NC(=O)c1c(N)n(-c2ccc3c(c2)OCCO3)c2nc3ccccc3nc12. The molecular weight excluding hydrogens is 466 g/mol. The molecule has 3 N–H and O–H groups in total. The zero-order chi connectivity index (χ0) is 25.4. The number of aromatic nitrogens is 3. The third kappa shape index (κ3) is 4.31. The van der Waals surface area contributed by atoms with E-state index < -0.39 is 0 Å². The van der Waals surface area contributed by atoms with Crippen LogP contribution in [0.2, 0.25) is 0 Å². The van der Waals surface area contributed by atoms with Crippen LogP contribution in [0.1, 0.15) is 29.3 Å². The fourth-order valence-corrected chi connectivity index (χ4v) is 4.71. The Hall–Kier alpha value is -4.59. The fourth-order valence-electron chi connectivity index (χ4n) is 4.71. The third-order valence-corrected chi connectivity index (χ3v) is 6.60. The van der Waals surface area contributed by atoms with E-state index in [0.29, 0.717) is 52.6 Å². The molecule has 8 heteroatoms. The maximum Gasteiger partial charge on any atom is 0.257 e. The Balaban J connectivity index is 1.40. The van der Waals surface area contributed by atoms with Gasteiger partial charge in [0.25, 0.3) is 5.91 Å². The van der Waals surface area contributed by atoms with Crippen LogP contribution in [0, 0.1) is 0 Å². The molecule has 0 spiro atoms. The number of aryl methyl sites for hydroxylation is 1. The van der Waals surface area contributed by atoms with Crippen LogP contribution < -0.4 is 20.5 Å². The number of carbonyl (C=O) groups is 1. The predicted octanol–water partition coefficient (Wildman–Crippen LogP) is 4.68. The van der Waals surface area contributed by atoms with Gasteiger partial charge in [-0.1, -0.05) is 42.5 Å². The van der Waals surface area contributed by atoms with Crippen molar-refractivity contribution in [2.24, 2.45) is 0 Å². The van der Waals surface area contributed by atoms with E-state index in [1.807, 2.05) is 67.6 Å². The lowest BCUT2D eigenvalue weighted by atomic mass is 10.1. The van der Waals surface area contributed by atoms with Gasteiger partial charge >= 0.3 is 0 Å². The number of hydrogen-bond acceptors (Lipinski definition) is 6. The molecule has 6 rings (SSSR count). The van der Waals surface area contributed by atoms with Gasteiger partial charge < -0.3 is 20.5 Å². The van der Waals surface area contributed by atoms with Gasteiger partial charge in [0.05, 0.1) is 16.7 Å². The second-order valence-electron chi connectivity index (χ2n) is 9.21. The van der Waals surface area contributed by atoms with Crippen LogP contribution in [0.4, 0.5) is 5.82 Å². The number of benzene rings is 3. The van der Waals surface area contributed by atoms with Crippen molar-refractivity contribution in [3.63, 3.8) is 0 Å². The van der Waals surface area contributed by atoms with E-state index in [-0.39, 0.29) is 17.8 Å². The van der Waals surface area contributed by atoms with Gasteiger partial charge in [0.2, 0.25) is 0 Å². The summed E-state index contributed by atoms with van der Waals surface area (Å²) >= 11 is 0. The van der Waals surface area contributed by atoms with Gasteiger partial charge in [0, 0.05) is 12.1 Å². The van der Waals surface area contributed by atoms with E-state index in [1.54, 1.807) is 4.57 Å². The number of anilines is 1. The van der Waals surface area contributed by atoms with E-state index in [9.17, 15) is 4.79 Å². The Kier molecular flexibility index (Phi) is 5.84. The average Bonchev–Trinajstić information content (AvgIpc) is 3.21. The summed E-state index contributed by atoms with van der Waals surface area (Å²) in [5, 5.41) is 3.12. The summed E-state index contributed by atoms with van der Waals surface area (Å²) in [6, 6.07) is 23.3. The Morgan fingerprint density at radius 1 is 0.973 bits per heavy atom. The molecule has 0 unspecified atom stereocenters. The number of nitrogens with two attached hydrogens (primary N) is 1. The molecule has 0 saturated heterocycles. The first kappa shape index (κ1) is 22.8. The van der Waals surface area contributed by atoms with Gasteiger partial charge in [-0.3, -0.25) is 9.36 Å². The molecule has 0 fully saturated rings. The average molecular weight is 494 g/mol. The standard InChI is InChI=1S/C29H27N5O3/c1-18(11-12-19-7-3-2-4-8-19)31-29(35)25-26-28(33-22-10-6-5-9-21(22)32-26)34(27(25)30)20-13-14-23-24(17-20)37-16-15-36-23/h2-10,13-14,17-18H,11-12,15-16,30H2,1H3,(H,31,35)/t18-/m0/s1. The first-order valence-electron chi connectivity index (χ1n) is 12.4. The van der Waals surface area contributed by atoms with Crippen LogP contribution in [0.5, 0.6) is 11.5 Å². The molecule has 0 aliphatic carbocycles. The minimum absolute atomic E-state index is 0.0618. The topological polar surface area (TPSA) is 104 Å². The highest BCUT2D eigenvalue weighted by atomic mass is 16.6. The highest BCUT2D eigenvalue weighted by molar-refractivity contribution is 6.11. The highest BCUT2D eigenvalue weighted by Gasteiger charge is 2.26. The Morgan fingerprint density at radius 2 is 1.68 bits per heavy atom. The molecule has 1 aliphatic rings. The fraction of sp³-hybridized carbons (Fsp3) is 0.207. The lowest BCUT2D eigenvalue weighted by molar-refractivity contribution is 0.0941. The van der Waals surface area contributed by atoms with Crippen molar-refractivity contribution in [3.05, 3.63) is 83.9 Å². The summed E-state index contributed by atoms with van der Waals surface area (Å²) in [6.07, 6.45) is 1.66. The lowest BCUT2D eigenvalue weighted by Crippen LogP contribution is -2.33. The number of nitrogens with one attached hydrogen (secondary N) is 1. The van der Waals surface area contributed by atoms with Crippen LogP contribution in [0.15, 0.2) is 72.8 Å². The van der Waals surface area contributed by atoms with Crippen molar-refractivity contribution in [1.82, 2.24) is 19.9 Å². The largest absolute Gasteiger partial charge is 0.486 e. The van der Waals surface area contributed by atoms with Crippen LogP contribution in [0.25, 0.3) is 27.9 Å². The van der Waals surface area contributed by atoms with Gasteiger partial charge in [-0.2, -0.15) is 0 Å². The number of amides is 1. The van der Waals surface area contributed by atoms with E-state index in [4.69, 9.17) is 25.2 Å². The second kappa shape index (κ2) is 9.46. The molecule has 0 bridgehead atoms. The number of hydrogen-bond donors (Lipinski definition) is 2. The number of ether oxygens (including phenoxy) is 2. The van der Waals surface area contributed by atoms with Crippen molar-refractivity contribution >= 4 is 33.9 Å². The van der Waals surface area contributed by atoms with Crippen LogP contribution >= 0.6 is 0 Å². The number of carbonyl (C=O) groups excluding carboxylic acids is 1. The molecule has 2 aromatic heterocycles. The molecule has 5 aromatic rings. The zero-order valence-electron chi connectivity index (χ0n) is 20.5. The molecular formula is C29H27N5O3. The van der Waals surface area contributed by atoms with E-state index in [0.717, 1.165) is 18.4 Å². The summed E-state index contributed by atoms with van der Waals surface area (Å²) < 4.78 is 13.2. The summed E-state index contributed by atoms with van der Waals surface area (Å²) in [5.74, 6) is 1.30. The van der Waals surface area contributed by atoms with Crippen molar-refractivity contribution in [1.29, 1.82) is 0 Å². The molecule has 37 heavy (non-hydrogen) atoms. The van der Waals surface area contributed by atoms with Gasteiger partial charge in [-0.05, 0) is 49.6 Å². The molecule has 1 amide bonds. The maximum absolute atomic E-state index is 13.6. The monoisotopic (exact) mass is 493 g/mol. The number of para-hydroxylation sites is 2. The number of fused-ring (bicyclic) bond motifs is 3. The molecule has 1 atom stereocenters. The smallest absolute Gasteiger partial charge is 0.257 e. The maximum atomic E-state index is 13.6. The normalized spacial score (nSPS) is 13.5. The lowest BCUT2D eigenvalue weighted by Gasteiger charge is -2.19.